The summed E-state index contributed by atoms with van der Waals surface area (Å²) in [7, 11) is 0. The third kappa shape index (κ3) is 6.88. The Kier molecular flexibility index (Phi) is 9.97. The van der Waals surface area contributed by atoms with Crippen LogP contribution in [-0.2, 0) is 11.3 Å². The van der Waals surface area contributed by atoms with E-state index in [1.807, 2.05) is 18.2 Å². The number of likely N-dealkylation sites (tertiary alicyclic amines) is 1. The average molecular weight is 406 g/mol. The lowest BCUT2D eigenvalue weighted by Gasteiger charge is -2.39. The molecule has 2 aromatic carbocycles. The standard InChI is InChI=1S/C24H32FNO.ClH/c1-2-3-7-15-26-16-14-24(21-10-12-23(25)13-11-21)22(17-26)19-27-18-20-8-5-4-6-9-20;/h4-6,8-13,22,24H,2-3,7,14-19H2,1H3;1H/t22-,24-;/m1./s1. The van der Waals surface area contributed by atoms with Crippen LogP contribution in [-0.4, -0.2) is 31.1 Å². The number of hydrogen-bond acceptors (Lipinski definition) is 2. The Morgan fingerprint density at radius 1 is 1.04 bits per heavy atom. The second-order valence-corrected chi connectivity index (χ2v) is 7.72. The minimum atomic E-state index is -0.160. The quantitative estimate of drug-likeness (QED) is 0.470. The lowest BCUT2D eigenvalue weighted by molar-refractivity contribution is 0.0403. The first-order chi connectivity index (χ1) is 13.3. The monoisotopic (exact) mass is 405 g/mol. The predicted molar refractivity (Wildman–Crippen MR) is 117 cm³/mol. The zero-order chi connectivity index (χ0) is 18.9. The molecule has 0 saturated carbocycles. The SMILES string of the molecule is CCCCCN1CC[C@H](c2ccc(F)cc2)[C@@H](COCc2ccccc2)C1.Cl. The van der Waals surface area contributed by atoms with Crippen LogP contribution in [0.15, 0.2) is 54.6 Å². The molecule has 154 valence electrons. The lowest BCUT2D eigenvalue weighted by atomic mass is 9.80. The summed E-state index contributed by atoms with van der Waals surface area (Å²) in [5.74, 6) is 0.742. The van der Waals surface area contributed by atoms with Gasteiger partial charge in [-0.05, 0) is 55.1 Å². The van der Waals surface area contributed by atoms with Crippen LogP contribution in [0.3, 0.4) is 0 Å². The summed E-state index contributed by atoms with van der Waals surface area (Å²) in [5, 5.41) is 0. The predicted octanol–water partition coefficient (Wildman–Crippen LogP) is 6.06. The first-order valence-corrected chi connectivity index (χ1v) is 10.4. The smallest absolute Gasteiger partial charge is 0.123 e. The Hall–Kier alpha value is -1.42. The molecule has 4 heteroatoms. The molecular weight excluding hydrogens is 373 g/mol. The zero-order valence-electron chi connectivity index (χ0n) is 16.9. The summed E-state index contributed by atoms with van der Waals surface area (Å²) in [6, 6.07) is 17.4. The van der Waals surface area contributed by atoms with Crippen molar-refractivity contribution in [1.29, 1.82) is 0 Å². The van der Waals surface area contributed by atoms with Crippen molar-refractivity contribution in [3.8, 4) is 0 Å². The summed E-state index contributed by atoms with van der Waals surface area (Å²) >= 11 is 0. The van der Waals surface area contributed by atoms with Crippen molar-refractivity contribution in [1.82, 2.24) is 4.90 Å². The Bertz CT molecular complexity index is 664. The summed E-state index contributed by atoms with van der Waals surface area (Å²) < 4.78 is 19.5. The van der Waals surface area contributed by atoms with Gasteiger partial charge in [-0.3, -0.25) is 0 Å². The molecule has 2 aromatic rings. The number of nitrogens with zero attached hydrogens (tertiary/aromatic N) is 1. The fourth-order valence-electron chi connectivity index (χ4n) is 4.12. The second kappa shape index (κ2) is 12.2. The molecule has 0 N–H and O–H groups in total. The summed E-state index contributed by atoms with van der Waals surface area (Å²) in [4.78, 5) is 2.59. The van der Waals surface area contributed by atoms with Crippen molar-refractivity contribution >= 4 is 12.4 Å². The molecule has 28 heavy (non-hydrogen) atoms. The summed E-state index contributed by atoms with van der Waals surface area (Å²) in [6.07, 6.45) is 4.95. The highest BCUT2D eigenvalue weighted by Crippen LogP contribution is 2.33. The minimum absolute atomic E-state index is 0. The van der Waals surface area contributed by atoms with E-state index < -0.39 is 0 Å². The highest BCUT2D eigenvalue weighted by molar-refractivity contribution is 5.85. The van der Waals surface area contributed by atoms with Crippen LogP contribution in [0.5, 0.6) is 0 Å². The third-order valence-corrected chi connectivity index (χ3v) is 5.64. The molecule has 1 fully saturated rings. The van der Waals surface area contributed by atoms with Crippen LogP contribution in [0.25, 0.3) is 0 Å². The largest absolute Gasteiger partial charge is 0.376 e. The second-order valence-electron chi connectivity index (χ2n) is 7.72. The van der Waals surface area contributed by atoms with Gasteiger partial charge in [0.05, 0.1) is 13.2 Å². The van der Waals surface area contributed by atoms with Crippen LogP contribution in [0.1, 0.15) is 49.7 Å². The van der Waals surface area contributed by atoms with Crippen molar-refractivity contribution in [3.63, 3.8) is 0 Å². The van der Waals surface area contributed by atoms with E-state index in [1.165, 1.54) is 36.9 Å². The van der Waals surface area contributed by atoms with Gasteiger partial charge in [0.15, 0.2) is 0 Å². The molecule has 2 nitrogen and oxygen atoms in total. The van der Waals surface area contributed by atoms with E-state index in [-0.39, 0.29) is 18.2 Å². The first-order valence-electron chi connectivity index (χ1n) is 10.4. The number of rotatable bonds is 9. The van der Waals surface area contributed by atoms with Crippen molar-refractivity contribution in [2.75, 3.05) is 26.2 Å². The maximum atomic E-state index is 13.3. The summed E-state index contributed by atoms with van der Waals surface area (Å²) in [5.41, 5.74) is 2.46. The molecule has 3 rings (SSSR count). The summed E-state index contributed by atoms with van der Waals surface area (Å²) in [6.45, 7) is 7.03. The Morgan fingerprint density at radius 2 is 1.79 bits per heavy atom. The average Bonchev–Trinajstić information content (AvgIpc) is 2.70. The number of benzene rings is 2. The van der Waals surface area contributed by atoms with Crippen molar-refractivity contribution < 1.29 is 9.13 Å². The molecule has 2 atom stereocenters. The highest BCUT2D eigenvalue weighted by Gasteiger charge is 2.30. The molecule has 1 saturated heterocycles. The zero-order valence-corrected chi connectivity index (χ0v) is 17.7. The molecule has 0 aromatic heterocycles. The van der Waals surface area contributed by atoms with Crippen molar-refractivity contribution in [2.24, 2.45) is 5.92 Å². The Morgan fingerprint density at radius 3 is 2.50 bits per heavy atom. The number of hydrogen-bond donors (Lipinski definition) is 0. The maximum Gasteiger partial charge on any atom is 0.123 e. The van der Waals surface area contributed by atoms with Gasteiger partial charge in [-0.25, -0.2) is 4.39 Å². The lowest BCUT2D eigenvalue weighted by Crippen LogP contribution is -2.41. The van der Waals surface area contributed by atoms with Gasteiger partial charge in [0.2, 0.25) is 0 Å². The van der Waals surface area contributed by atoms with Crippen LogP contribution in [0, 0.1) is 11.7 Å². The van der Waals surface area contributed by atoms with Crippen LogP contribution < -0.4 is 0 Å². The first kappa shape index (κ1) is 22.9. The van der Waals surface area contributed by atoms with Gasteiger partial charge in [0, 0.05) is 12.5 Å². The third-order valence-electron chi connectivity index (χ3n) is 5.64. The van der Waals surface area contributed by atoms with Crippen LogP contribution in [0.4, 0.5) is 4.39 Å². The van der Waals surface area contributed by atoms with Gasteiger partial charge < -0.3 is 9.64 Å². The number of unbranched alkanes of at least 4 members (excludes halogenated alkanes) is 2. The van der Waals surface area contributed by atoms with Crippen LogP contribution >= 0.6 is 12.4 Å². The maximum absolute atomic E-state index is 13.3. The molecule has 0 spiro atoms. The molecule has 1 heterocycles. The highest BCUT2D eigenvalue weighted by atomic mass is 35.5. The number of piperidine rings is 1. The van der Waals surface area contributed by atoms with Gasteiger partial charge in [0.1, 0.15) is 5.82 Å². The molecule has 1 aliphatic rings. The van der Waals surface area contributed by atoms with E-state index in [0.29, 0.717) is 18.4 Å². The van der Waals surface area contributed by atoms with Gasteiger partial charge in [0.25, 0.3) is 0 Å². The van der Waals surface area contributed by atoms with E-state index in [4.69, 9.17) is 4.74 Å². The molecule has 0 bridgehead atoms. The van der Waals surface area contributed by atoms with Gasteiger partial charge in [-0.1, -0.05) is 62.2 Å². The van der Waals surface area contributed by atoms with Gasteiger partial charge in [-0.15, -0.1) is 12.4 Å². The van der Waals surface area contributed by atoms with Crippen molar-refractivity contribution in [3.05, 3.63) is 71.5 Å². The van der Waals surface area contributed by atoms with E-state index in [9.17, 15) is 4.39 Å². The van der Waals surface area contributed by atoms with Gasteiger partial charge >= 0.3 is 0 Å². The number of halogens is 2. The van der Waals surface area contributed by atoms with E-state index in [0.717, 1.165) is 26.1 Å². The molecule has 1 aliphatic heterocycles. The molecule has 0 amide bonds. The number of ether oxygens (including phenoxy) is 1. The van der Waals surface area contributed by atoms with Crippen molar-refractivity contribution in [2.45, 2.75) is 45.1 Å². The Balaban J connectivity index is 0.00000280. The normalized spacial score (nSPS) is 19.9. The minimum Gasteiger partial charge on any atom is -0.376 e. The fraction of sp³-hybridized carbons (Fsp3) is 0.500. The van der Waals surface area contributed by atoms with Crippen LogP contribution in [0.2, 0.25) is 0 Å². The van der Waals surface area contributed by atoms with E-state index in [1.54, 1.807) is 12.1 Å². The Labute approximate surface area is 175 Å². The van der Waals surface area contributed by atoms with E-state index >= 15 is 0 Å². The van der Waals surface area contributed by atoms with E-state index in [2.05, 4.69) is 36.1 Å². The molecule has 0 unspecified atom stereocenters. The van der Waals surface area contributed by atoms with Gasteiger partial charge in [-0.2, -0.15) is 0 Å². The molecular formula is C24H33ClFNO. The molecule has 0 aliphatic carbocycles. The fourth-order valence-corrected chi connectivity index (χ4v) is 4.12. The molecule has 0 radical (unpaired) electrons. The topological polar surface area (TPSA) is 12.5 Å².